The van der Waals surface area contributed by atoms with E-state index in [2.05, 4.69) is 82.6 Å². The van der Waals surface area contributed by atoms with Gasteiger partial charge in [0.15, 0.2) is 0 Å². The lowest BCUT2D eigenvalue weighted by Crippen LogP contribution is -2.10. The van der Waals surface area contributed by atoms with Crippen LogP contribution in [0.3, 0.4) is 0 Å². The van der Waals surface area contributed by atoms with Crippen molar-refractivity contribution in [3.05, 3.63) is 180 Å². The summed E-state index contributed by atoms with van der Waals surface area (Å²) in [5, 5.41) is 19.0. The first kappa shape index (κ1) is 29.9. The standard InChI is InChI=1S/C40H36N2O3/c43-27-31-11-19-37(20-12-31)41(35-7-3-1-4-8-35)39-23-15-33(16-24-39)29-45-30-34-17-25-40(26-18-34)42(36-9-5-2-6-10-36)38-21-13-32(28-44)14-22-38/h1-26,43-44H,27-30H2. The first-order chi connectivity index (χ1) is 22.2. The van der Waals surface area contributed by atoms with E-state index in [9.17, 15) is 10.2 Å². The van der Waals surface area contributed by atoms with Crippen molar-refractivity contribution in [2.24, 2.45) is 0 Å². The van der Waals surface area contributed by atoms with Crippen LogP contribution in [0.15, 0.2) is 158 Å². The van der Waals surface area contributed by atoms with Crippen LogP contribution < -0.4 is 9.80 Å². The van der Waals surface area contributed by atoms with Gasteiger partial charge in [0.05, 0.1) is 26.4 Å². The minimum absolute atomic E-state index is 0.0249. The van der Waals surface area contributed by atoms with Crippen LogP contribution in [0.25, 0.3) is 0 Å². The maximum Gasteiger partial charge on any atom is 0.0721 e. The summed E-state index contributed by atoms with van der Waals surface area (Å²) in [5.41, 5.74) is 10.2. The van der Waals surface area contributed by atoms with Crippen LogP contribution in [0, 0.1) is 0 Å². The highest BCUT2D eigenvalue weighted by atomic mass is 16.5. The van der Waals surface area contributed by atoms with Crippen LogP contribution in [-0.2, 0) is 31.2 Å². The largest absolute Gasteiger partial charge is 0.392 e. The van der Waals surface area contributed by atoms with Gasteiger partial charge >= 0.3 is 0 Å². The summed E-state index contributed by atoms with van der Waals surface area (Å²) in [6, 6.07) is 53.4. The highest BCUT2D eigenvalue weighted by molar-refractivity contribution is 5.77. The van der Waals surface area contributed by atoms with E-state index in [4.69, 9.17) is 4.74 Å². The van der Waals surface area contributed by atoms with Gasteiger partial charge in [-0.05, 0) is 95.1 Å². The number of ether oxygens (including phenoxy) is 1. The molecule has 0 heterocycles. The van der Waals surface area contributed by atoms with Gasteiger partial charge in [-0.15, -0.1) is 0 Å². The second-order valence-electron chi connectivity index (χ2n) is 10.8. The normalized spacial score (nSPS) is 10.9. The summed E-state index contributed by atoms with van der Waals surface area (Å²) in [7, 11) is 0. The van der Waals surface area contributed by atoms with E-state index >= 15 is 0 Å². The molecular weight excluding hydrogens is 556 g/mol. The van der Waals surface area contributed by atoms with Gasteiger partial charge < -0.3 is 24.7 Å². The molecule has 5 nitrogen and oxygen atoms in total. The number of anilines is 6. The van der Waals surface area contributed by atoms with Gasteiger partial charge in [-0.1, -0.05) is 84.9 Å². The number of hydrogen-bond donors (Lipinski definition) is 2. The van der Waals surface area contributed by atoms with Crippen molar-refractivity contribution in [2.45, 2.75) is 26.4 Å². The molecule has 2 N–H and O–H groups in total. The topological polar surface area (TPSA) is 56.2 Å². The lowest BCUT2D eigenvalue weighted by atomic mass is 10.1. The Labute approximate surface area is 264 Å². The van der Waals surface area contributed by atoms with Crippen molar-refractivity contribution < 1.29 is 14.9 Å². The quantitative estimate of drug-likeness (QED) is 0.148. The third-order valence-corrected chi connectivity index (χ3v) is 7.71. The first-order valence-corrected chi connectivity index (χ1v) is 15.1. The van der Waals surface area contributed by atoms with Gasteiger partial charge in [-0.25, -0.2) is 0 Å². The summed E-state index contributed by atoms with van der Waals surface area (Å²) in [5.74, 6) is 0. The van der Waals surface area contributed by atoms with Crippen LogP contribution in [0.5, 0.6) is 0 Å². The molecule has 0 unspecified atom stereocenters. The number of aliphatic hydroxyl groups excluding tert-OH is 2. The maximum atomic E-state index is 9.48. The van der Waals surface area contributed by atoms with E-state index in [0.29, 0.717) is 13.2 Å². The molecule has 0 amide bonds. The van der Waals surface area contributed by atoms with E-state index in [0.717, 1.165) is 56.4 Å². The molecule has 0 spiro atoms. The zero-order valence-electron chi connectivity index (χ0n) is 25.0. The molecule has 6 rings (SSSR count). The fraction of sp³-hybridized carbons (Fsp3) is 0.100. The third-order valence-electron chi connectivity index (χ3n) is 7.71. The van der Waals surface area contributed by atoms with Crippen LogP contribution >= 0.6 is 0 Å². The van der Waals surface area contributed by atoms with Gasteiger partial charge in [0.25, 0.3) is 0 Å². The third kappa shape index (κ3) is 7.31. The average Bonchev–Trinajstić information content (AvgIpc) is 3.11. The Morgan fingerprint density at radius 3 is 0.889 bits per heavy atom. The minimum Gasteiger partial charge on any atom is -0.392 e. The van der Waals surface area contributed by atoms with Crippen molar-refractivity contribution in [3.63, 3.8) is 0 Å². The van der Waals surface area contributed by atoms with Crippen molar-refractivity contribution in [1.82, 2.24) is 0 Å². The Morgan fingerprint density at radius 1 is 0.333 bits per heavy atom. The highest BCUT2D eigenvalue weighted by Crippen LogP contribution is 2.36. The Balaban J connectivity index is 1.12. The lowest BCUT2D eigenvalue weighted by molar-refractivity contribution is 0.107. The smallest absolute Gasteiger partial charge is 0.0721 e. The second kappa shape index (κ2) is 14.5. The Hall–Kier alpha value is -5.20. The molecular formula is C40H36N2O3. The first-order valence-electron chi connectivity index (χ1n) is 15.1. The summed E-state index contributed by atoms with van der Waals surface area (Å²) < 4.78 is 6.12. The fourth-order valence-corrected chi connectivity index (χ4v) is 5.32. The summed E-state index contributed by atoms with van der Waals surface area (Å²) in [4.78, 5) is 4.40. The van der Waals surface area contributed by atoms with Crippen molar-refractivity contribution in [3.8, 4) is 0 Å². The molecule has 45 heavy (non-hydrogen) atoms. The SMILES string of the molecule is OCc1ccc(N(c2ccccc2)c2ccc(COCc3ccc(N(c4ccccc4)c4ccc(CO)cc4)cc3)cc2)cc1. The van der Waals surface area contributed by atoms with E-state index < -0.39 is 0 Å². The Kier molecular flexibility index (Phi) is 9.63. The van der Waals surface area contributed by atoms with E-state index in [1.165, 1.54) is 0 Å². The van der Waals surface area contributed by atoms with Crippen LogP contribution in [0.2, 0.25) is 0 Å². The predicted molar refractivity (Wildman–Crippen MR) is 183 cm³/mol. The monoisotopic (exact) mass is 592 g/mol. The van der Waals surface area contributed by atoms with E-state index in [1.807, 2.05) is 84.9 Å². The molecule has 0 aliphatic carbocycles. The van der Waals surface area contributed by atoms with E-state index in [1.54, 1.807) is 0 Å². The van der Waals surface area contributed by atoms with Crippen molar-refractivity contribution >= 4 is 34.1 Å². The predicted octanol–water partition coefficient (Wildman–Crippen LogP) is 9.33. The van der Waals surface area contributed by atoms with Gasteiger partial charge in [-0.2, -0.15) is 0 Å². The van der Waals surface area contributed by atoms with Crippen LogP contribution in [0.4, 0.5) is 34.1 Å². The molecule has 0 aromatic heterocycles. The number of aliphatic hydroxyl groups is 2. The zero-order valence-corrected chi connectivity index (χ0v) is 25.0. The molecule has 0 radical (unpaired) electrons. The molecule has 0 aliphatic rings. The molecule has 0 atom stereocenters. The summed E-state index contributed by atoms with van der Waals surface area (Å²) in [6.07, 6.45) is 0. The molecule has 5 heteroatoms. The summed E-state index contributed by atoms with van der Waals surface area (Å²) in [6.45, 7) is 1.06. The molecule has 6 aromatic carbocycles. The maximum absolute atomic E-state index is 9.48. The van der Waals surface area contributed by atoms with E-state index in [-0.39, 0.29) is 13.2 Å². The molecule has 6 aromatic rings. The molecule has 224 valence electrons. The Bertz CT molecular complexity index is 1620. The number of rotatable bonds is 12. The van der Waals surface area contributed by atoms with Crippen molar-refractivity contribution in [1.29, 1.82) is 0 Å². The van der Waals surface area contributed by atoms with Gasteiger partial charge in [0.1, 0.15) is 0 Å². The van der Waals surface area contributed by atoms with Gasteiger partial charge in [-0.3, -0.25) is 0 Å². The van der Waals surface area contributed by atoms with Crippen LogP contribution in [-0.4, -0.2) is 10.2 Å². The molecule has 0 fully saturated rings. The fourth-order valence-electron chi connectivity index (χ4n) is 5.32. The number of nitrogens with zero attached hydrogens (tertiary/aromatic N) is 2. The molecule has 0 saturated heterocycles. The summed E-state index contributed by atoms with van der Waals surface area (Å²) >= 11 is 0. The second-order valence-corrected chi connectivity index (χ2v) is 10.8. The average molecular weight is 593 g/mol. The molecule has 0 bridgehead atoms. The van der Waals surface area contributed by atoms with Gasteiger partial charge in [0, 0.05) is 34.1 Å². The Morgan fingerprint density at radius 2 is 0.600 bits per heavy atom. The number of para-hydroxylation sites is 2. The molecule has 0 saturated carbocycles. The lowest BCUT2D eigenvalue weighted by Gasteiger charge is -2.26. The van der Waals surface area contributed by atoms with Crippen LogP contribution in [0.1, 0.15) is 22.3 Å². The molecule has 0 aliphatic heterocycles. The number of hydrogen-bond acceptors (Lipinski definition) is 5. The minimum atomic E-state index is 0.0249. The highest BCUT2D eigenvalue weighted by Gasteiger charge is 2.14. The zero-order chi connectivity index (χ0) is 30.8. The van der Waals surface area contributed by atoms with Gasteiger partial charge in [0.2, 0.25) is 0 Å². The number of benzene rings is 6. The van der Waals surface area contributed by atoms with Crippen molar-refractivity contribution in [2.75, 3.05) is 9.80 Å².